The van der Waals surface area contributed by atoms with Gasteiger partial charge in [0.15, 0.2) is 11.5 Å². The number of amidine groups is 1. The number of amides is 1. The van der Waals surface area contributed by atoms with Crippen molar-refractivity contribution in [2.45, 2.75) is 6.92 Å². The lowest BCUT2D eigenvalue weighted by atomic mass is 10.1. The molecule has 0 saturated carbocycles. The van der Waals surface area contributed by atoms with Gasteiger partial charge in [0.1, 0.15) is 5.84 Å². The van der Waals surface area contributed by atoms with Crippen molar-refractivity contribution in [1.29, 1.82) is 0 Å². The topological polar surface area (TPSA) is 75.5 Å². The van der Waals surface area contributed by atoms with Crippen LogP contribution in [0, 0.1) is 0 Å². The molecule has 2 aliphatic heterocycles. The van der Waals surface area contributed by atoms with Crippen LogP contribution in [0.1, 0.15) is 12.5 Å². The molecule has 0 unspecified atom stereocenters. The van der Waals surface area contributed by atoms with E-state index in [0.29, 0.717) is 36.2 Å². The van der Waals surface area contributed by atoms with Crippen molar-refractivity contribution in [3.8, 4) is 11.5 Å². The summed E-state index contributed by atoms with van der Waals surface area (Å²) in [5.74, 6) is 2.35. The Morgan fingerprint density at radius 3 is 2.67 bits per heavy atom. The van der Waals surface area contributed by atoms with Gasteiger partial charge in [-0.3, -0.25) is 20.0 Å². The molecule has 0 radical (unpaired) electrons. The summed E-state index contributed by atoms with van der Waals surface area (Å²) in [4.78, 5) is 22.2. The van der Waals surface area contributed by atoms with Gasteiger partial charge in [-0.1, -0.05) is 0 Å². The monoisotopic (exact) mass is 288 g/mol. The number of nitrogens with one attached hydrogen (secondary N) is 1. The van der Waals surface area contributed by atoms with E-state index < -0.39 is 0 Å². The smallest absolute Gasteiger partial charge is 0.223 e. The number of hydrogen-bond donors (Lipinski definition) is 1. The number of aliphatic imine (C=N–C) groups is 2. The molecule has 7 heteroatoms. The van der Waals surface area contributed by atoms with Crippen LogP contribution in [0.3, 0.4) is 0 Å². The Morgan fingerprint density at radius 2 is 2.00 bits per heavy atom. The first-order chi connectivity index (χ1) is 10.1. The highest BCUT2D eigenvalue weighted by molar-refractivity contribution is 6.18. The summed E-state index contributed by atoms with van der Waals surface area (Å²) >= 11 is 0. The standard InChI is InChI=1S/C14H16N4O3/c1-8(19)16-14-17-10-7-12(21-3)11(20-2)6-9(10)13-15-4-5-18(13)14/h6-7H,4-5H2,1-3H3,(H,16,17,19). The predicted octanol–water partition coefficient (Wildman–Crippen LogP) is 0.903. The van der Waals surface area contributed by atoms with Gasteiger partial charge in [0.2, 0.25) is 11.9 Å². The van der Waals surface area contributed by atoms with E-state index in [4.69, 9.17) is 9.47 Å². The molecule has 1 aromatic rings. The molecule has 110 valence electrons. The van der Waals surface area contributed by atoms with Crippen LogP contribution in [-0.2, 0) is 4.79 Å². The zero-order valence-corrected chi connectivity index (χ0v) is 12.1. The lowest BCUT2D eigenvalue weighted by molar-refractivity contribution is -0.117. The maximum Gasteiger partial charge on any atom is 0.223 e. The van der Waals surface area contributed by atoms with Gasteiger partial charge in [-0.05, 0) is 6.07 Å². The molecule has 21 heavy (non-hydrogen) atoms. The van der Waals surface area contributed by atoms with E-state index in [2.05, 4.69) is 15.3 Å². The van der Waals surface area contributed by atoms with Crippen LogP contribution in [0.5, 0.6) is 11.5 Å². The normalized spacial score (nSPS) is 15.7. The Balaban J connectivity index is 2.14. The largest absolute Gasteiger partial charge is 0.493 e. The molecule has 3 rings (SSSR count). The Kier molecular flexibility index (Phi) is 3.25. The Labute approximate surface area is 122 Å². The van der Waals surface area contributed by atoms with Crippen LogP contribution in [0.15, 0.2) is 22.1 Å². The first-order valence-electron chi connectivity index (χ1n) is 6.58. The molecular formula is C14H16N4O3. The van der Waals surface area contributed by atoms with Gasteiger partial charge < -0.3 is 9.47 Å². The Hall–Kier alpha value is -2.57. The van der Waals surface area contributed by atoms with Gasteiger partial charge in [-0.25, -0.2) is 4.99 Å². The number of ether oxygens (including phenoxy) is 2. The summed E-state index contributed by atoms with van der Waals surface area (Å²) < 4.78 is 10.6. The number of methoxy groups -OCH3 is 2. The molecule has 0 fully saturated rings. The minimum Gasteiger partial charge on any atom is -0.493 e. The van der Waals surface area contributed by atoms with E-state index >= 15 is 0 Å². The van der Waals surface area contributed by atoms with Gasteiger partial charge in [0.05, 0.1) is 26.5 Å². The Morgan fingerprint density at radius 1 is 1.29 bits per heavy atom. The van der Waals surface area contributed by atoms with Crippen molar-refractivity contribution in [2.75, 3.05) is 27.3 Å². The van der Waals surface area contributed by atoms with Crippen LogP contribution in [0.25, 0.3) is 0 Å². The number of benzene rings is 1. The molecule has 2 heterocycles. The summed E-state index contributed by atoms with van der Waals surface area (Å²) in [6.45, 7) is 2.82. The second-order valence-electron chi connectivity index (χ2n) is 4.70. The van der Waals surface area contributed by atoms with Crippen molar-refractivity contribution < 1.29 is 14.3 Å². The lowest BCUT2D eigenvalue weighted by Gasteiger charge is -2.27. The molecule has 0 spiro atoms. The molecule has 1 N–H and O–H groups in total. The fourth-order valence-electron chi connectivity index (χ4n) is 2.45. The molecule has 0 aromatic heterocycles. The average Bonchev–Trinajstić information content (AvgIpc) is 2.95. The quantitative estimate of drug-likeness (QED) is 0.877. The molecule has 0 atom stereocenters. The first-order valence-corrected chi connectivity index (χ1v) is 6.58. The highest BCUT2D eigenvalue weighted by atomic mass is 16.5. The lowest BCUT2D eigenvalue weighted by Crippen LogP contribution is -2.46. The van der Waals surface area contributed by atoms with E-state index in [0.717, 1.165) is 11.4 Å². The zero-order chi connectivity index (χ0) is 15.0. The highest BCUT2D eigenvalue weighted by Gasteiger charge is 2.31. The first kappa shape index (κ1) is 13.4. The number of hydrogen-bond acceptors (Lipinski definition) is 6. The summed E-state index contributed by atoms with van der Waals surface area (Å²) in [6.07, 6.45) is 0. The number of rotatable bonds is 2. The number of carbonyl (C=O) groups is 1. The number of carbonyl (C=O) groups excluding carboxylic acids is 1. The van der Waals surface area contributed by atoms with Crippen molar-refractivity contribution in [1.82, 2.24) is 10.2 Å². The summed E-state index contributed by atoms with van der Waals surface area (Å²) in [5.41, 5.74) is 1.58. The highest BCUT2D eigenvalue weighted by Crippen LogP contribution is 2.38. The van der Waals surface area contributed by atoms with E-state index in [-0.39, 0.29) is 5.91 Å². The van der Waals surface area contributed by atoms with Crippen molar-refractivity contribution in [2.24, 2.45) is 9.98 Å². The van der Waals surface area contributed by atoms with E-state index in [9.17, 15) is 4.79 Å². The van der Waals surface area contributed by atoms with Gasteiger partial charge in [-0.2, -0.15) is 0 Å². The summed E-state index contributed by atoms with van der Waals surface area (Å²) in [7, 11) is 3.16. The molecule has 0 bridgehead atoms. The van der Waals surface area contributed by atoms with Crippen LogP contribution in [-0.4, -0.2) is 49.9 Å². The maximum atomic E-state index is 11.3. The molecule has 2 aliphatic rings. The minimum absolute atomic E-state index is 0.163. The summed E-state index contributed by atoms with van der Waals surface area (Å²) in [5, 5.41) is 2.74. The maximum absolute atomic E-state index is 11.3. The van der Waals surface area contributed by atoms with Crippen molar-refractivity contribution >= 4 is 23.4 Å². The minimum atomic E-state index is -0.163. The van der Waals surface area contributed by atoms with Crippen LogP contribution < -0.4 is 14.8 Å². The predicted molar refractivity (Wildman–Crippen MR) is 78.6 cm³/mol. The van der Waals surface area contributed by atoms with Crippen LogP contribution >= 0.6 is 0 Å². The third-order valence-electron chi connectivity index (χ3n) is 3.35. The van der Waals surface area contributed by atoms with E-state index in [1.165, 1.54) is 6.92 Å². The third-order valence-corrected chi connectivity index (χ3v) is 3.35. The SMILES string of the molecule is COc1cc2c(cc1OC)C1=NCCN1C(NC(C)=O)=N2. The fourth-order valence-corrected chi connectivity index (χ4v) is 2.45. The molecular weight excluding hydrogens is 272 g/mol. The van der Waals surface area contributed by atoms with Gasteiger partial charge in [0.25, 0.3) is 0 Å². The molecule has 0 aliphatic carbocycles. The van der Waals surface area contributed by atoms with E-state index in [1.54, 1.807) is 20.3 Å². The third kappa shape index (κ3) is 2.20. The van der Waals surface area contributed by atoms with Gasteiger partial charge in [-0.15, -0.1) is 0 Å². The molecule has 7 nitrogen and oxygen atoms in total. The van der Waals surface area contributed by atoms with Crippen LogP contribution in [0.2, 0.25) is 0 Å². The number of fused-ring (bicyclic) bond motifs is 3. The second-order valence-corrected chi connectivity index (χ2v) is 4.70. The Bertz CT molecular complexity index is 666. The van der Waals surface area contributed by atoms with Gasteiger partial charge >= 0.3 is 0 Å². The van der Waals surface area contributed by atoms with E-state index in [1.807, 2.05) is 11.0 Å². The summed E-state index contributed by atoms with van der Waals surface area (Å²) in [6, 6.07) is 3.65. The average molecular weight is 288 g/mol. The number of guanidine groups is 1. The molecule has 1 amide bonds. The molecule has 1 aromatic carbocycles. The molecule has 0 saturated heterocycles. The van der Waals surface area contributed by atoms with Crippen molar-refractivity contribution in [3.63, 3.8) is 0 Å². The van der Waals surface area contributed by atoms with Crippen LogP contribution in [0.4, 0.5) is 5.69 Å². The number of nitrogens with zero attached hydrogens (tertiary/aromatic N) is 3. The fraction of sp³-hybridized carbons (Fsp3) is 0.357. The van der Waals surface area contributed by atoms with Gasteiger partial charge in [0, 0.05) is 25.1 Å². The zero-order valence-electron chi connectivity index (χ0n) is 12.1. The van der Waals surface area contributed by atoms with Crippen molar-refractivity contribution in [3.05, 3.63) is 17.7 Å². The second kappa shape index (κ2) is 5.08.